The number of hydrogen-bond acceptors (Lipinski definition) is 2. The Balaban J connectivity index is 1.77. The zero-order valence-corrected chi connectivity index (χ0v) is 17.0. The molecule has 0 saturated heterocycles. The van der Waals surface area contributed by atoms with Crippen molar-refractivity contribution in [3.63, 3.8) is 0 Å². The molecule has 28 heavy (non-hydrogen) atoms. The van der Waals surface area contributed by atoms with Crippen LogP contribution in [0, 0.1) is 34.6 Å². The maximum atomic E-state index is 12.1. The van der Waals surface area contributed by atoms with Crippen molar-refractivity contribution in [2.24, 2.45) is 5.10 Å². The quantitative estimate of drug-likeness (QED) is 0.480. The minimum Gasteiger partial charge on any atom is -0.317 e. The first-order valence-corrected chi connectivity index (χ1v) is 9.29. The second-order valence-electron chi connectivity index (χ2n) is 7.04. The third kappa shape index (κ3) is 3.98. The third-order valence-corrected chi connectivity index (χ3v) is 4.90. The molecule has 0 aliphatic rings. The van der Waals surface area contributed by atoms with Crippen molar-refractivity contribution in [1.29, 1.82) is 0 Å². The summed E-state index contributed by atoms with van der Waals surface area (Å²) in [7, 11) is 0. The number of anilines is 1. The summed E-state index contributed by atoms with van der Waals surface area (Å²) in [5.41, 5.74) is 11.1. The highest BCUT2D eigenvalue weighted by Gasteiger charge is 2.13. The first-order valence-electron chi connectivity index (χ1n) is 9.29. The van der Waals surface area contributed by atoms with Crippen LogP contribution in [0.5, 0.6) is 0 Å². The average molecular weight is 374 g/mol. The number of benzene rings is 2. The Morgan fingerprint density at radius 2 is 1.57 bits per heavy atom. The molecule has 144 valence electrons. The van der Waals surface area contributed by atoms with Gasteiger partial charge in [0.15, 0.2) is 0 Å². The summed E-state index contributed by atoms with van der Waals surface area (Å²) in [5, 5.41) is 6.92. The number of carbonyl (C=O) groups excluding carboxylic acids is 1. The number of aromatic nitrogens is 1. The summed E-state index contributed by atoms with van der Waals surface area (Å²) in [4.78, 5) is 12.1. The molecular formula is C23H26N4O. The van der Waals surface area contributed by atoms with E-state index in [2.05, 4.69) is 72.4 Å². The van der Waals surface area contributed by atoms with E-state index in [9.17, 15) is 4.79 Å². The lowest BCUT2D eigenvalue weighted by atomic mass is 10.1. The second-order valence-corrected chi connectivity index (χ2v) is 7.04. The van der Waals surface area contributed by atoms with Crippen LogP contribution in [0.15, 0.2) is 53.6 Å². The normalized spacial score (nSPS) is 11.0. The highest BCUT2D eigenvalue weighted by molar-refractivity contribution is 5.91. The number of amides is 2. The molecule has 0 saturated carbocycles. The number of carbonyl (C=O) groups is 1. The van der Waals surface area contributed by atoms with Gasteiger partial charge < -0.3 is 9.88 Å². The van der Waals surface area contributed by atoms with Gasteiger partial charge in [0.25, 0.3) is 0 Å². The van der Waals surface area contributed by atoms with E-state index >= 15 is 0 Å². The fourth-order valence-corrected chi connectivity index (χ4v) is 3.44. The van der Waals surface area contributed by atoms with E-state index < -0.39 is 0 Å². The second kappa shape index (κ2) is 8.13. The third-order valence-electron chi connectivity index (χ3n) is 4.90. The maximum absolute atomic E-state index is 12.1. The van der Waals surface area contributed by atoms with Crippen LogP contribution in [-0.4, -0.2) is 16.8 Å². The van der Waals surface area contributed by atoms with Crippen molar-refractivity contribution in [1.82, 2.24) is 9.99 Å². The van der Waals surface area contributed by atoms with Gasteiger partial charge in [-0.05, 0) is 63.4 Å². The van der Waals surface area contributed by atoms with Gasteiger partial charge in [-0.15, -0.1) is 0 Å². The van der Waals surface area contributed by atoms with Crippen LogP contribution in [0.3, 0.4) is 0 Å². The van der Waals surface area contributed by atoms with E-state index in [0.717, 1.165) is 28.2 Å². The van der Waals surface area contributed by atoms with Crippen molar-refractivity contribution in [2.45, 2.75) is 34.6 Å². The lowest BCUT2D eigenvalue weighted by Gasteiger charge is -2.15. The van der Waals surface area contributed by atoms with E-state index in [1.54, 1.807) is 6.21 Å². The molecule has 0 atom stereocenters. The minimum absolute atomic E-state index is 0.367. The van der Waals surface area contributed by atoms with Gasteiger partial charge in [0.1, 0.15) is 0 Å². The van der Waals surface area contributed by atoms with Crippen molar-refractivity contribution >= 4 is 17.9 Å². The van der Waals surface area contributed by atoms with E-state index in [-0.39, 0.29) is 6.03 Å². The Morgan fingerprint density at radius 1 is 0.929 bits per heavy atom. The van der Waals surface area contributed by atoms with Crippen LogP contribution >= 0.6 is 0 Å². The van der Waals surface area contributed by atoms with Gasteiger partial charge in [-0.2, -0.15) is 5.10 Å². The Labute approximate surface area is 166 Å². The van der Waals surface area contributed by atoms with Gasteiger partial charge in [-0.25, -0.2) is 10.2 Å². The lowest BCUT2D eigenvalue weighted by molar-refractivity contribution is 0.252. The Morgan fingerprint density at radius 3 is 2.25 bits per heavy atom. The molecule has 2 amide bonds. The number of hydrogen-bond donors (Lipinski definition) is 2. The van der Waals surface area contributed by atoms with E-state index in [4.69, 9.17) is 0 Å². The Hall–Kier alpha value is -3.34. The summed E-state index contributed by atoms with van der Waals surface area (Å²) in [6.07, 6.45) is 1.68. The summed E-state index contributed by atoms with van der Waals surface area (Å²) < 4.78 is 2.24. The molecule has 1 aromatic heterocycles. The van der Waals surface area contributed by atoms with Gasteiger partial charge in [0.2, 0.25) is 0 Å². The molecule has 0 unspecified atom stereocenters. The molecule has 3 aromatic rings. The fraction of sp³-hybridized carbons (Fsp3) is 0.217. The first kappa shape index (κ1) is 19.4. The largest absolute Gasteiger partial charge is 0.339 e. The van der Waals surface area contributed by atoms with Crippen molar-refractivity contribution in [2.75, 3.05) is 5.32 Å². The number of nitrogens with zero attached hydrogens (tertiary/aromatic N) is 2. The molecule has 2 aromatic carbocycles. The highest BCUT2D eigenvalue weighted by atomic mass is 16.2. The topological polar surface area (TPSA) is 58.4 Å². The van der Waals surface area contributed by atoms with Crippen molar-refractivity contribution in [3.8, 4) is 5.69 Å². The summed E-state index contributed by atoms with van der Waals surface area (Å²) in [6.45, 7) is 10.3. The monoisotopic (exact) mass is 374 g/mol. The molecule has 0 spiro atoms. The fourth-order valence-electron chi connectivity index (χ4n) is 3.44. The molecule has 0 bridgehead atoms. The Kier molecular flexibility index (Phi) is 5.64. The molecule has 0 aliphatic carbocycles. The molecule has 5 heteroatoms. The van der Waals surface area contributed by atoms with E-state index in [0.29, 0.717) is 0 Å². The number of hydrazone groups is 1. The van der Waals surface area contributed by atoms with Crippen LogP contribution in [0.2, 0.25) is 0 Å². The predicted molar refractivity (Wildman–Crippen MR) is 116 cm³/mol. The zero-order chi connectivity index (χ0) is 20.3. The van der Waals surface area contributed by atoms with Gasteiger partial charge >= 0.3 is 6.03 Å². The number of aryl methyl sites for hydroxylation is 4. The van der Waals surface area contributed by atoms with Crippen molar-refractivity contribution in [3.05, 3.63) is 82.2 Å². The molecular weight excluding hydrogens is 348 g/mol. The summed E-state index contributed by atoms with van der Waals surface area (Å²) in [5.74, 6) is 0. The summed E-state index contributed by atoms with van der Waals surface area (Å²) >= 11 is 0. The minimum atomic E-state index is -0.367. The van der Waals surface area contributed by atoms with Gasteiger partial charge in [0.05, 0.1) is 11.9 Å². The Bertz CT molecular complexity index is 1030. The number of urea groups is 1. The maximum Gasteiger partial charge on any atom is 0.339 e. The highest BCUT2D eigenvalue weighted by Crippen LogP contribution is 2.25. The van der Waals surface area contributed by atoms with Gasteiger partial charge in [-0.1, -0.05) is 36.4 Å². The average Bonchev–Trinajstić information content (AvgIpc) is 2.91. The first-order chi connectivity index (χ1) is 13.4. The van der Waals surface area contributed by atoms with E-state index in [1.165, 1.54) is 16.8 Å². The number of nitrogens with one attached hydrogen (secondary N) is 2. The smallest absolute Gasteiger partial charge is 0.317 e. The molecule has 2 N–H and O–H groups in total. The standard InChI is InChI=1S/C23H26N4O/c1-15-9-6-7-12-21(15)25-23(28)26-24-14-20-13-18(4)27(19(20)5)22-16(2)10-8-11-17(22)3/h6-14H,1-5H3,(H2,25,26,28). The molecule has 0 fully saturated rings. The molecule has 0 radical (unpaired) electrons. The SMILES string of the molecule is Cc1ccccc1NC(=O)NN=Cc1cc(C)n(-c2c(C)cccc2C)c1C. The molecule has 3 rings (SSSR count). The lowest BCUT2D eigenvalue weighted by Crippen LogP contribution is -2.24. The number of para-hydroxylation sites is 2. The van der Waals surface area contributed by atoms with Gasteiger partial charge in [-0.3, -0.25) is 0 Å². The summed E-state index contributed by atoms with van der Waals surface area (Å²) in [6, 6.07) is 15.6. The number of rotatable bonds is 4. The zero-order valence-electron chi connectivity index (χ0n) is 17.0. The van der Waals surface area contributed by atoms with Crippen molar-refractivity contribution < 1.29 is 4.79 Å². The van der Waals surface area contributed by atoms with Gasteiger partial charge in [0, 0.05) is 22.6 Å². The van der Waals surface area contributed by atoms with Crippen LogP contribution in [0.25, 0.3) is 5.69 Å². The predicted octanol–water partition coefficient (Wildman–Crippen LogP) is 5.18. The van der Waals surface area contributed by atoms with Crippen LogP contribution in [0.1, 0.15) is 33.6 Å². The molecule has 1 heterocycles. The van der Waals surface area contributed by atoms with Crippen LogP contribution in [-0.2, 0) is 0 Å². The molecule has 0 aliphatic heterocycles. The van der Waals surface area contributed by atoms with E-state index in [1.807, 2.05) is 31.2 Å². The van der Waals surface area contributed by atoms with Crippen LogP contribution < -0.4 is 10.7 Å². The van der Waals surface area contributed by atoms with Crippen LogP contribution in [0.4, 0.5) is 10.5 Å². The molecule has 5 nitrogen and oxygen atoms in total.